The summed E-state index contributed by atoms with van der Waals surface area (Å²) in [6.07, 6.45) is 1.70. The molecule has 2 heterocycles. The van der Waals surface area contributed by atoms with Crippen LogP contribution in [0, 0.1) is 6.92 Å². The number of nitrogens with one attached hydrogen (secondary N) is 1. The number of ether oxygens (including phenoxy) is 1. The molecular formula is C17H21N3O2S. The summed E-state index contributed by atoms with van der Waals surface area (Å²) in [5, 5.41) is 0.668. The molecule has 0 bridgehead atoms. The first-order valence-electron chi connectivity index (χ1n) is 7.77. The molecule has 1 aliphatic heterocycles. The Morgan fingerprint density at radius 1 is 1.26 bits per heavy atom. The van der Waals surface area contributed by atoms with Gasteiger partial charge in [0, 0.05) is 37.1 Å². The van der Waals surface area contributed by atoms with E-state index in [0.29, 0.717) is 17.3 Å². The Morgan fingerprint density at radius 2 is 2.00 bits per heavy atom. The molecule has 2 aromatic rings. The van der Waals surface area contributed by atoms with Crippen LogP contribution >= 0.6 is 11.8 Å². The molecule has 1 aromatic carbocycles. The van der Waals surface area contributed by atoms with Gasteiger partial charge in [-0.05, 0) is 12.5 Å². The van der Waals surface area contributed by atoms with Crippen molar-refractivity contribution in [3.63, 3.8) is 0 Å². The molecule has 0 unspecified atom stereocenters. The summed E-state index contributed by atoms with van der Waals surface area (Å²) < 4.78 is 5.32. The summed E-state index contributed by atoms with van der Waals surface area (Å²) in [4.78, 5) is 21.7. The highest BCUT2D eigenvalue weighted by molar-refractivity contribution is 7.98. The van der Waals surface area contributed by atoms with Gasteiger partial charge in [-0.2, -0.15) is 0 Å². The number of rotatable bonds is 5. The van der Waals surface area contributed by atoms with Crippen LogP contribution in [0.5, 0.6) is 0 Å². The normalized spacial score (nSPS) is 15.7. The van der Waals surface area contributed by atoms with E-state index in [4.69, 9.17) is 4.74 Å². The predicted octanol–water partition coefficient (Wildman–Crippen LogP) is 2.20. The van der Waals surface area contributed by atoms with Crippen LogP contribution in [0.25, 0.3) is 0 Å². The van der Waals surface area contributed by atoms with Crippen molar-refractivity contribution in [2.24, 2.45) is 0 Å². The number of aryl methyl sites for hydroxylation is 1. The fourth-order valence-corrected chi connectivity index (χ4v) is 3.21. The minimum Gasteiger partial charge on any atom is -0.379 e. The van der Waals surface area contributed by atoms with Crippen molar-refractivity contribution < 1.29 is 4.74 Å². The second-order valence-corrected chi connectivity index (χ2v) is 6.67. The fourth-order valence-electron chi connectivity index (χ4n) is 2.43. The van der Waals surface area contributed by atoms with Crippen molar-refractivity contribution >= 4 is 11.8 Å². The lowest BCUT2D eigenvalue weighted by molar-refractivity contribution is 0.0339. The van der Waals surface area contributed by atoms with E-state index in [0.717, 1.165) is 32.1 Å². The van der Waals surface area contributed by atoms with Gasteiger partial charge in [0.2, 0.25) is 0 Å². The number of aromatic nitrogens is 2. The van der Waals surface area contributed by atoms with Crippen LogP contribution in [0.2, 0.25) is 0 Å². The maximum atomic E-state index is 12.2. The van der Waals surface area contributed by atoms with E-state index in [1.165, 1.54) is 11.1 Å². The van der Waals surface area contributed by atoms with Gasteiger partial charge in [0.25, 0.3) is 5.56 Å². The van der Waals surface area contributed by atoms with Crippen LogP contribution in [0.15, 0.2) is 40.4 Å². The maximum absolute atomic E-state index is 12.2. The Bertz CT molecular complexity index is 694. The Balaban J connectivity index is 1.59. The highest BCUT2D eigenvalue weighted by atomic mass is 32.2. The summed E-state index contributed by atoms with van der Waals surface area (Å²) >= 11 is 1.55. The molecule has 6 heteroatoms. The van der Waals surface area contributed by atoms with E-state index in [1.54, 1.807) is 18.0 Å². The van der Waals surface area contributed by atoms with Crippen LogP contribution in [-0.4, -0.2) is 41.2 Å². The van der Waals surface area contributed by atoms with Crippen LogP contribution in [-0.2, 0) is 17.0 Å². The second-order valence-electron chi connectivity index (χ2n) is 5.71. The standard InChI is InChI=1S/C17H21N3O2S/c1-13-2-4-14(5-3-13)12-23-17-18-10-15(16(21)19-17)11-20-6-8-22-9-7-20/h2-5,10H,6-9,11-12H2,1H3,(H,18,19,21). The van der Waals surface area contributed by atoms with Gasteiger partial charge < -0.3 is 9.72 Å². The summed E-state index contributed by atoms with van der Waals surface area (Å²) in [6, 6.07) is 8.40. The van der Waals surface area contributed by atoms with E-state index < -0.39 is 0 Å². The molecule has 1 aliphatic rings. The Morgan fingerprint density at radius 3 is 2.70 bits per heavy atom. The van der Waals surface area contributed by atoms with Crippen LogP contribution in [0.3, 0.4) is 0 Å². The van der Waals surface area contributed by atoms with Gasteiger partial charge in [0.05, 0.1) is 13.2 Å². The number of nitrogens with zero attached hydrogens (tertiary/aromatic N) is 2. The van der Waals surface area contributed by atoms with E-state index >= 15 is 0 Å². The molecule has 1 aromatic heterocycles. The smallest absolute Gasteiger partial charge is 0.256 e. The van der Waals surface area contributed by atoms with Crippen molar-refractivity contribution in [2.45, 2.75) is 24.4 Å². The number of hydrogen-bond donors (Lipinski definition) is 1. The largest absolute Gasteiger partial charge is 0.379 e. The molecule has 0 saturated carbocycles. The maximum Gasteiger partial charge on any atom is 0.256 e. The van der Waals surface area contributed by atoms with Crippen molar-refractivity contribution in [3.05, 3.63) is 57.5 Å². The number of H-pyrrole nitrogens is 1. The lowest BCUT2D eigenvalue weighted by Gasteiger charge is -2.26. The molecule has 0 amide bonds. The Kier molecular flexibility index (Phi) is 5.48. The zero-order valence-corrected chi connectivity index (χ0v) is 14.1. The van der Waals surface area contributed by atoms with Gasteiger partial charge in [-0.1, -0.05) is 41.6 Å². The fraction of sp³-hybridized carbons (Fsp3) is 0.412. The molecule has 5 nitrogen and oxygen atoms in total. The molecule has 23 heavy (non-hydrogen) atoms. The topological polar surface area (TPSA) is 58.2 Å². The molecule has 122 valence electrons. The average Bonchev–Trinajstić information content (AvgIpc) is 2.57. The first kappa shape index (κ1) is 16.2. The summed E-state index contributed by atoms with van der Waals surface area (Å²) in [6.45, 7) is 5.90. The van der Waals surface area contributed by atoms with Gasteiger partial charge >= 0.3 is 0 Å². The van der Waals surface area contributed by atoms with E-state index in [2.05, 4.69) is 46.1 Å². The number of morpholine rings is 1. The first-order chi connectivity index (χ1) is 11.2. The summed E-state index contributed by atoms with van der Waals surface area (Å²) in [5.41, 5.74) is 3.14. The highest BCUT2D eigenvalue weighted by Gasteiger charge is 2.13. The van der Waals surface area contributed by atoms with E-state index in [1.807, 2.05) is 0 Å². The highest BCUT2D eigenvalue weighted by Crippen LogP contribution is 2.18. The average molecular weight is 331 g/mol. The predicted molar refractivity (Wildman–Crippen MR) is 91.7 cm³/mol. The Hall–Kier alpha value is -1.63. The molecule has 1 saturated heterocycles. The third kappa shape index (κ3) is 4.67. The van der Waals surface area contributed by atoms with Gasteiger partial charge in [-0.25, -0.2) is 4.98 Å². The molecule has 1 fully saturated rings. The number of benzene rings is 1. The first-order valence-corrected chi connectivity index (χ1v) is 8.76. The Labute approximate surface area is 140 Å². The minimum atomic E-state index is -0.0436. The van der Waals surface area contributed by atoms with Crippen LogP contribution < -0.4 is 5.56 Å². The lowest BCUT2D eigenvalue weighted by Crippen LogP contribution is -2.37. The van der Waals surface area contributed by atoms with E-state index in [-0.39, 0.29) is 5.56 Å². The monoisotopic (exact) mass is 331 g/mol. The van der Waals surface area contributed by atoms with Crippen molar-refractivity contribution in [1.82, 2.24) is 14.9 Å². The molecule has 0 radical (unpaired) electrons. The third-order valence-electron chi connectivity index (χ3n) is 3.84. The minimum absolute atomic E-state index is 0.0436. The summed E-state index contributed by atoms with van der Waals surface area (Å²) in [7, 11) is 0. The number of aromatic amines is 1. The molecule has 0 aliphatic carbocycles. The van der Waals surface area contributed by atoms with Gasteiger partial charge in [0.15, 0.2) is 5.16 Å². The molecule has 3 rings (SSSR count). The van der Waals surface area contributed by atoms with Crippen molar-refractivity contribution in [1.29, 1.82) is 0 Å². The number of thioether (sulfide) groups is 1. The number of hydrogen-bond acceptors (Lipinski definition) is 5. The third-order valence-corrected chi connectivity index (χ3v) is 4.80. The zero-order valence-electron chi connectivity index (χ0n) is 13.2. The van der Waals surface area contributed by atoms with Crippen LogP contribution in [0.1, 0.15) is 16.7 Å². The summed E-state index contributed by atoms with van der Waals surface area (Å²) in [5.74, 6) is 0.798. The molecule has 0 spiro atoms. The zero-order chi connectivity index (χ0) is 16.1. The molecular weight excluding hydrogens is 310 g/mol. The van der Waals surface area contributed by atoms with Gasteiger partial charge in [-0.15, -0.1) is 0 Å². The van der Waals surface area contributed by atoms with Gasteiger partial charge in [-0.3, -0.25) is 9.69 Å². The van der Waals surface area contributed by atoms with Crippen LogP contribution in [0.4, 0.5) is 0 Å². The second kappa shape index (κ2) is 7.77. The van der Waals surface area contributed by atoms with Crippen molar-refractivity contribution in [3.8, 4) is 0 Å². The quantitative estimate of drug-likeness (QED) is 0.672. The molecule has 1 N–H and O–H groups in total. The van der Waals surface area contributed by atoms with E-state index in [9.17, 15) is 4.79 Å². The van der Waals surface area contributed by atoms with Crippen molar-refractivity contribution in [2.75, 3.05) is 26.3 Å². The molecule has 0 atom stereocenters. The van der Waals surface area contributed by atoms with Gasteiger partial charge in [0.1, 0.15) is 0 Å². The lowest BCUT2D eigenvalue weighted by atomic mass is 10.2. The SMILES string of the molecule is Cc1ccc(CSc2ncc(CN3CCOCC3)c(=O)[nH]2)cc1.